The van der Waals surface area contributed by atoms with Crippen LogP contribution in [0, 0.1) is 11.8 Å². The molecule has 31 heavy (non-hydrogen) atoms. The number of carbonyl (C=O) groups is 2. The fourth-order valence-corrected chi connectivity index (χ4v) is 3.74. The first-order valence-electron chi connectivity index (χ1n) is 9.79. The van der Waals surface area contributed by atoms with E-state index in [0.29, 0.717) is 35.0 Å². The van der Waals surface area contributed by atoms with Gasteiger partial charge in [-0.15, -0.1) is 0 Å². The Morgan fingerprint density at radius 3 is 2.32 bits per heavy atom. The fraction of sp³-hybridized carbons (Fsp3) is 0.391. The maximum absolute atomic E-state index is 12.4. The van der Waals surface area contributed by atoms with Gasteiger partial charge >= 0.3 is 11.9 Å². The third-order valence-electron chi connectivity index (χ3n) is 5.33. The van der Waals surface area contributed by atoms with Gasteiger partial charge in [0.15, 0.2) is 23.0 Å². The number of methoxy groups -OCH3 is 3. The van der Waals surface area contributed by atoms with Crippen LogP contribution in [-0.4, -0.2) is 45.0 Å². The molecule has 3 rings (SSSR count). The van der Waals surface area contributed by atoms with Crippen LogP contribution in [0.1, 0.15) is 24.2 Å². The lowest BCUT2D eigenvalue weighted by molar-refractivity contribution is -0.141. The Balaban J connectivity index is 1.82. The molecule has 0 aliphatic carbocycles. The van der Waals surface area contributed by atoms with E-state index in [4.69, 9.17) is 23.7 Å². The van der Waals surface area contributed by atoms with Crippen LogP contribution in [0.4, 0.5) is 0 Å². The number of rotatable bonds is 8. The van der Waals surface area contributed by atoms with Crippen molar-refractivity contribution in [2.45, 2.75) is 19.4 Å². The summed E-state index contributed by atoms with van der Waals surface area (Å²) in [6.07, 6.45) is -0.594. The first kappa shape index (κ1) is 22.4. The lowest BCUT2D eigenvalue weighted by Crippen LogP contribution is -2.24. The van der Waals surface area contributed by atoms with Gasteiger partial charge < -0.3 is 28.8 Å². The van der Waals surface area contributed by atoms with E-state index in [2.05, 4.69) is 0 Å². The van der Waals surface area contributed by atoms with Crippen molar-refractivity contribution in [1.82, 2.24) is 0 Å². The monoisotopic (exact) mass is 430 g/mol. The first-order valence-corrected chi connectivity index (χ1v) is 9.79. The molecule has 0 bridgehead atoms. The van der Waals surface area contributed by atoms with Gasteiger partial charge in [0.1, 0.15) is 0 Å². The van der Waals surface area contributed by atoms with E-state index < -0.39 is 23.9 Å². The Kier molecular flexibility index (Phi) is 7.02. The van der Waals surface area contributed by atoms with E-state index in [1.54, 1.807) is 36.4 Å². The highest BCUT2D eigenvalue weighted by Gasteiger charge is 2.41. The molecule has 8 nitrogen and oxygen atoms in total. The summed E-state index contributed by atoms with van der Waals surface area (Å²) in [5.41, 5.74) is 1.40. The largest absolute Gasteiger partial charge is 0.493 e. The third kappa shape index (κ3) is 4.91. The smallest absolute Gasteiger partial charge is 0.309 e. The number of aliphatic hydroxyl groups is 1. The number of cyclic esters (lactones) is 1. The van der Waals surface area contributed by atoms with Gasteiger partial charge in [-0.25, -0.2) is 0 Å². The van der Waals surface area contributed by atoms with Crippen LogP contribution in [0.15, 0.2) is 36.4 Å². The Morgan fingerprint density at radius 2 is 1.68 bits per heavy atom. The molecule has 0 aromatic heterocycles. The van der Waals surface area contributed by atoms with Crippen LogP contribution in [0.3, 0.4) is 0 Å². The molecule has 2 aromatic carbocycles. The van der Waals surface area contributed by atoms with Crippen molar-refractivity contribution >= 4 is 11.9 Å². The van der Waals surface area contributed by atoms with Crippen molar-refractivity contribution < 1.29 is 38.4 Å². The van der Waals surface area contributed by atoms with Gasteiger partial charge in [0, 0.05) is 12.8 Å². The van der Waals surface area contributed by atoms with Crippen LogP contribution < -0.4 is 18.9 Å². The normalized spacial score (nSPS) is 18.8. The van der Waals surface area contributed by atoms with E-state index in [1.807, 2.05) is 0 Å². The molecule has 2 aromatic rings. The summed E-state index contributed by atoms with van der Waals surface area (Å²) in [5, 5.41) is 11.0. The molecule has 0 spiro atoms. The predicted octanol–water partition coefficient (Wildman–Crippen LogP) is 2.70. The summed E-state index contributed by atoms with van der Waals surface area (Å²) in [6.45, 7) is 1.42. The number of hydrogen-bond acceptors (Lipinski definition) is 8. The van der Waals surface area contributed by atoms with Gasteiger partial charge in [-0.3, -0.25) is 9.59 Å². The zero-order chi connectivity index (χ0) is 22.5. The fourth-order valence-electron chi connectivity index (χ4n) is 3.74. The number of ether oxygens (including phenoxy) is 5. The molecule has 1 heterocycles. The molecule has 0 saturated carbocycles. The average Bonchev–Trinajstić information content (AvgIpc) is 3.13. The summed E-state index contributed by atoms with van der Waals surface area (Å²) in [7, 11) is 4.53. The van der Waals surface area contributed by atoms with Crippen LogP contribution in [0.25, 0.3) is 0 Å². The number of benzene rings is 2. The minimum absolute atomic E-state index is 0.113. The first-order chi connectivity index (χ1) is 14.9. The van der Waals surface area contributed by atoms with Gasteiger partial charge in [-0.2, -0.15) is 0 Å². The lowest BCUT2D eigenvalue weighted by atomic mass is 9.83. The third-order valence-corrected chi connectivity index (χ3v) is 5.33. The molecule has 1 aliphatic heterocycles. The molecule has 3 atom stereocenters. The molecule has 1 aliphatic rings. The second-order valence-corrected chi connectivity index (χ2v) is 7.24. The van der Waals surface area contributed by atoms with E-state index in [1.165, 1.54) is 28.3 Å². The summed E-state index contributed by atoms with van der Waals surface area (Å²) >= 11 is 0. The van der Waals surface area contributed by atoms with Gasteiger partial charge in [0.2, 0.25) is 0 Å². The Hall–Kier alpha value is -3.26. The maximum atomic E-state index is 12.4. The van der Waals surface area contributed by atoms with E-state index in [9.17, 15) is 14.7 Å². The topological polar surface area (TPSA) is 101 Å². The molecular weight excluding hydrogens is 404 g/mol. The molecule has 0 unspecified atom stereocenters. The van der Waals surface area contributed by atoms with Crippen LogP contribution in [0.2, 0.25) is 0 Å². The number of esters is 2. The number of hydrogen-bond donors (Lipinski definition) is 1. The second kappa shape index (κ2) is 9.70. The highest BCUT2D eigenvalue weighted by atomic mass is 16.6. The summed E-state index contributed by atoms with van der Waals surface area (Å²) in [6, 6.07) is 10.2. The molecule has 0 radical (unpaired) electrons. The van der Waals surface area contributed by atoms with Gasteiger partial charge in [0.05, 0.1) is 40.0 Å². The van der Waals surface area contributed by atoms with Crippen molar-refractivity contribution in [3.05, 3.63) is 47.5 Å². The summed E-state index contributed by atoms with van der Waals surface area (Å²) < 4.78 is 26.2. The van der Waals surface area contributed by atoms with Gasteiger partial charge in [0.25, 0.3) is 0 Å². The SMILES string of the molecule is COc1ccc([C@@H](O)[C@H]2COC(=O)[C@@H]2Cc2ccc(OC(C)=O)c(OC)c2)cc1OC. The van der Waals surface area contributed by atoms with Crippen LogP contribution in [0.5, 0.6) is 23.0 Å². The number of aliphatic hydroxyl groups excluding tert-OH is 1. The van der Waals surface area contributed by atoms with Crippen molar-refractivity contribution in [2.24, 2.45) is 11.8 Å². The van der Waals surface area contributed by atoms with Crippen molar-refractivity contribution in [3.63, 3.8) is 0 Å². The van der Waals surface area contributed by atoms with E-state index in [-0.39, 0.29) is 12.6 Å². The van der Waals surface area contributed by atoms with Crippen LogP contribution >= 0.6 is 0 Å². The Labute approximate surface area is 180 Å². The summed E-state index contributed by atoms with van der Waals surface area (Å²) in [4.78, 5) is 23.7. The van der Waals surface area contributed by atoms with Gasteiger partial charge in [-0.05, 0) is 41.8 Å². The zero-order valence-corrected chi connectivity index (χ0v) is 17.9. The second-order valence-electron chi connectivity index (χ2n) is 7.24. The molecule has 1 saturated heterocycles. The van der Waals surface area contributed by atoms with Crippen molar-refractivity contribution in [1.29, 1.82) is 0 Å². The van der Waals surface area contributed by atoms with E-state index >= 15 is 0 Å². The highest BCUT2D eigenvalue weighted by Crippen LogP contribution is 2.39. The minimum Gasteiger partial charge on any atom is -0.493 e. The minimum atomic E-state index is -0.932. The van der Waals surface area contributed by atoms with Crippen molar-refractivity contribution in [3.8, 4) is 23.0 Å². The molecule has 1 fully saturated rings. The maximum Gasteiger partial charge on any atom is 0.309 e. The van der Waals surface area contributed by atoms with Gasteiger partial charge in [-0.1, -0.05) is 12.1 Å². The highest BCUT2D eigenvalue weighted by molar-refractivity contribution is 5.75. The molecule has 8 heteroatoms. The quantitative estimate of drug-likeness (QED) is 0.504. The van der Waals surface area contributed by atoms with E-state index in [0.717, 1.165) is 5.56 Å². The standard InChI is InChI=1S/C23H26O8/c1-13(24)31-19-7-5-14(10-20(19)28-3)9-16-17(12-30-23(16)26)22(25)15-6-8-18(27-2)21(11-15)29-4/h5-8,10-11,16-17,22,25H,9,12H2,1-4H3/t16-,17+,22-/m1/s1. The molecule has 1 N–H and O–H groups in total. The molecule has 166 valence electrons. The summed E-state index contributed by atoms with van der Waals surface area (Å²) in [5.74, 6) is -0.0840. The predicted molar refractivity (Wildman–Crippen MR) is 110 cm³/mol. The molecular formula is C23H26O8. The molecule has 0 amide bonds. The van der Waals surface area contributed by atoms with Crippen molar-refractivity contribution in [2.75, 3.05) is 27.9 Å². The zero-order valence-electron chi connectivity index (χ0n) is 17.9. The lowest BCUT2D eigenvalue weighted by Gasteiger charge is -2.22. The Morgan fingerprint density at radius 1 is 1.03 bits per heavy atom. The average molecular weight is 430 g/mol. The van der Waals surface area contributed by atoms with Crippen LogP contribution in [-0.2, 0) is 20.7 Å². The number of carbonyl (C=O) groups excluding carboxylic acids is 2. The Bertz CT molecular complexity index is 955.